The molecule has 0 aromatic carbocycles. The summed E-state index contributed by atoms with van der Waals surface area (Å²) in [6.45, 7) is 10.2. The molecule has 3 unspecified atom stereocenters. The van der Waals surface area contributed by atoms with E-state index in [1.165, 1.54) is 31.3 Å². The normalized spacial score (nSPS) is 40.7. The first-order valence-corrected chi connectivity index (χ1v) is 10.8. The molecule has 3 rings (SSSR count). The molecule has 0 saturated heterocycles. The monoisotopic (exact) mass is 376 g/mol. The molecule has 152 valence electrons. The lowest BCUT2D eigenvalue weighted by Gasteiger charge is -2.44. The number of hydrogen-bond acceptors (Lipinski definition) is 2. The second kappa shape index (κ2) is 8.21. The lowest BCUT2D eigenvalue weighted by Crippen LogP contribution is -2.36. The lowest BCUT2D eigenvalue weighted by atomic mass is 9.60. The van der Waals surface area contributed by atoms with Gasteiger partial charge in [0.05, 0.1) is 18.4 Å². The zero-order chi connectivity index (χ0) is 19.8. The summed E-state index contributed by atoms with van der Waals surface area (Å²) in [5.41, 5.74) is 3.46. The Bertz CT molecular complexity index is 604. The molecule has 2 N–H and O–H groups in total. The van der Waals surface area contributed by atoms with Gasteiger partial charge >= 0.3 is 0 Å². The molecule has 3 saturated carbocycles. The summed E-state index contributed by atoms with van der Waals surface area (Å²) >= 11 is 0. The Balaban J connectivity index is 1.76. The molecule has 2 nitrogen and oxygen atoms in total. The molecule has 0 amide bonds. The molecular formula is C24H37FO2. The van der Waals surface area contributed by atoms with Crippen LogP contribution in [0, 0.1) is 23.2 Å². The average molecular weight is 377 g/mol. The molecule has 3 aliphatic rings. The molecule has 0 aromatic heterocycles. The number of alkyl halides is 1. The van der Waals surface area contributed by atoms with Gasteiger partial charge in [0.25, 0.3) is 0 Å². The molecular weight excluding hydrogens is 339 g/mol. The van der Waals surface area contributed by atoms with Gasteiger partial charge in [-0.25, -0.2) is 4.39 Å². The molecule has 27 heavy (non-hydrogen) atoms. The SMILES string of the molecule is C=C1[C@H](O)CC(=C/C=C2\CCC[C@@]3(C)C2CCC3[C@H](C)CC(C)F)C[C@H]1O. The maximum atomic E-state index is 13.6. The zero-order valence-electron chi connectivity index (χ0n) is 17.3. The minimum absolute atomic E-state index is 0.288. The van der Waals surface area contributed by atoms with Crippen molar-refractivity contribution in [3.05, 3.63) is 35.5 Å². The Labute approximate surface area is 164 Å². The van der Waals surface area contributed by atoms with E-state index in [0.717, 1.165) is 12.0 Å². The topological polar surface area (TPSA) is 40.5 Å². The highest BCUT2D eigenvalue weighted by molar-refractivity contribution is 5.29. The highest BCUT2D eigenvalue weighted by Gasteiger charge is 2.50. The predicted octanol–water partition coefficient (Wildman–Crippen LogP) is 5.51. The fraction of sp³-hybridized carbons (Fsp3) is 0.750. The Kier molecular flexibility index (Phi) is 6.32. The first-order chi connectivity index (χ1) is 12.7. The second-order valence-corrected chi connectivity index (χ2v) is 9.67. The van der Waals surface area contributed by atoms with Gasteiger partial charge in [0.1, 0.15) is 0 Å². The number of fused-ring (bicyclic) bond motifs is 1. The van der Waals surface area contributed by atoms with E-state index in [9.17, 15) is 14.6 Å². The summed E-state index contributed by atoms with van der Waals surface area (Å²) in [6.07, 6.45) is 10.3. The standard InChI is InChI=1S/C24H37FO2/c1-15(12-16(2)25)20-9-10-21-19(6-5-11-24(20,21)4)8-7-18-13-22(26)17(3)23(27)14-18/h7-8,15-16,20-23,26-27H,3,5-6,9-14H2,1-2,4H3/b19-8+/t15-,16?,20?,21?,22-,23-,24-/m1/s1. The summed E-state index contributed by atoms with van der Waals surface area (Å²) in [5.74, 6) is 1.64. The van der Waals surface area contributed by atoms with Gasteiger partial charge in [-0.05, 0) is 87.0 Å². The molecule has 3 aliphatic carbocycles. The van der Waals surface area contributed by atoms with E-state index in [2.05, 4.69) is 32.6 Å². The van der Waals surface area contributed by atoms with Crippen molar-refractivity contribution in [3.8, 4) is 0 Å². The Hall–Kier alpha value is -0.930. The lowest BCUT2D eigenvalue weighted by molar-refractivity contribution is 0.0843. The molecule has 0 aliphatic heterocycles. The van der Waals surface area contributed by atoms with Crippen LogP contribution in [-0.2, 0) is 0 Å². The van der Waals surface area contributed by atoms with Gasteiger partial charge < -0.3 is 10.2 Å². The van der Waals surface area contributed by atoms with Gasteiger partial charge in [0.2, 0.25) is 0 Å². The van der Waals surface area contributed by atoms with Crippen LogP contribution in [0.2, 0.25) is 0 Å². The Morgan fingerprint density at radius 3 is 2.48 bits per heavy atom. The predicted molar refractivity (Wildman–Crippen MR) is 109 cm³/mol. The number of hydrogen-bond donors (Lipinski definition) is 2. The smallest absolute Gasteiger partial charge is 0.0976 e. The Morgan fingerprint density at radius 1 is 1.19 bits per heavy atom. The van der Waals surface area contributed by atoms with E-state index in [0.29, 0.717) is 42.6 Å². The van der Waals surface area contributed by atoms with Crippen LogP contribution in [-0.4, -0.2) is 28.6 Å². The second-order valence-electron chi connectivity index (χ2n) is 9.67. The van der Waals surface area contributed by atoms with Crippen LogP contribution in [0.3, 0.4) is 0 Å². The van der Waals surface area contributed by atoms with Gasteiger partial charge in [-0.15, -0.1) is 0 Å². The minimum atomic E-state index is -0.718. The van der Waals surface area contributed by atoms with Crippen LogP contribution in [0.1, 0.15) is 72.1 Å². The minimum Gasteiger partial charge on any atom is -0.388 e. The fourth-order valence-electron chi connectivity index (χ4n) is 6.32. The van der Waals surface area contributed by atoms with E-state index in [4.69, 9.17) is 0 Å². The van der Waals surface area contributed by atoms with Gasteiger partial charge in [0, 0.05) is 0 Å². The maximum absolute atomic E-state index is 13.6. The summed E-state index contributed by atoms with van der Waals surface area (Å²) in [7, 11) is 0. The molecule has 3 heteroatoms. The van der Waals surface area contributed by atoms with E-state index in [1.807, 2.05) is 0 Å². The van der Waals surface area contributed by atoms with Gasteiger partial charge in [-0.1, -0.05) is 43.7 Å². The highest BCUT2D eigenvalue weighted by Crippen LogP contribution is 2.59. The van der Waals surface area contributed by atoms with Crippen molar-refractivity contribution in [2.75, 3.05) is 0 Å². The largest absolute Gasteiger partial charge is 0.388 e. The van der Waals surface area contributed by atoms with Crippen molar-refractivity contribution in [3.63, 3.8) is 0 Å². The third-order valence-corrected chi connectivity index (χ3v) is 7.72. The third-order valence-electron chi connectivity index (χ3n) is 7.72. The molecule has 0 heterocycles. The summed E-state index contributed by atoms with van der Waals surface area (Å²) in [4.78, 5) is 0. The van der Waals surface area contributed by atoms with Crippen molar-refractivity contribution >= 4 is 0 Å². The molecule has 3 fully saturated rings. The summed E-state index contributed by atoms with van der Waals surface area (Å²) in [5, 5.41) is 20.1. The van der Waals surface area contributed by atoms with Crippen molar-refractivity contribution in [2.45, 2.75) is 90.5 Å². The van der Waals surface area contributed by atoms with Crippen LogP contribution >= 0.6 is 0 Å². The van der Waals surface area contributed by atoms with E-state index in [-0.39, 0.29) is 5.41 Å². The van der Waals surface area contributed by atoms with Crippen LogP contribution in [0.15, 0.2) is 35.5 Å². The maximum Gasteiger partial charge on any atom is 0.0976 e. The number of rotatable bonds is 4. The first kappa shape index (κ1) is 20.8. The zero-order valence-corrected chi connectivity index (χ0v) is 17.3. The van der Waals surface area contributed by atoms with E-state index in [1.54, 1.807) is 6.92 Å². The highest BCUT2D eigenvalue weighted by atomic mass is 19.1. The molecule has 0 spiro atoms. The van der Waals surface area contributed by atoms with Crippen molar-refractivity contribution < 1.29 is 14.6 Å². The van der Waals surface area contributed by atoms with Crippen molar-refractivity contribution in [2.24, 2.45) is 23.2 Å². The summed E-state index contributed by atoms with van der Waals surface area (Å²) in [6, 6.07) is 0. The van der Waals surface area contributed by atoms with Crippen LogP contribution in [0.5, 0.6) is 0 Å². The van der Waals surface area contributed by atoms with Crippen molar-refractivity contribution in [1.82, 2.24) is 0 Å². The van der Waals surface area contributed by atoms with Crippen molar-refractivity contribution in [1.29, 1.82) is 0 Å². The first-order valence-electron chi connectivity index (χ1n) is 10.8. The summed E-state index contributed by atoms with van der Waals surface area (Å²) < 4.78 is 13.6. The number of aliphatic hydroxyl groups excluding tert-OH is 2. The molecule has 0 bridgehead atoms. The average Bonchev–Trinajstić information content (AvgIpc) is 2.94. The fourth-order valence-corrected chi connectivity index (χ4v) is 6.32. The van der Waals surface area contributed by atoms with Crippen LogP contribution in [0.25, 0.3) is 0 Å². The van der Waals surface area contributed by atoms with E-state index >= 15 is 0 Å². The molecule has 0 radical (unpaired) electrons. The molecule has 7 atom stereocenters. The molecule has 0 aromatic rings. The van der Waals surface area contributed by atoms with E-state index < -0.39 is 18.4 Å². The van der Waals surface area contributed by atoms with Gasteiger partial charge in [0.15, 0.2) is 0 Å². The Morgan fingerprint density at radius 2 is 1.85 bits per heavy atom. The third kappa shape index (κ3) is 4.24. The number of allylic oxidation sites excluding steroid dienone is 3. The van der Waals surface area contributed by atoms with Gasteiger partial charge in [-0.2, -0.15) is 0 Å². The van der Waals surface area contributed by atoms with Crippen LogP contribution < -0.4 is 0 Å². The van der Waals surface area contributed by atoms with Crippen LogP contribution in [0.4, 0.5) is 4.39 Å². The number of halogens is 1. The number of aliphatic hydroxyl groups is 2. The quantitative estimate of drug-likeness (QED) is 0.635. The van der Waals surface area contributed by atoms with Gasteiger partial charge in [-0.3, -0.25) is 0 Å².